The summed E-state index contributed by atoms with van der Waals surface area (Å²) in [4.78, 5) is 0. The summed E-state index contributed by atoms with van der Waals surface area (Å²) in [5, 5.41) is 10.6. The van der Waals surface area contributed by atoms with Crippen molar-refractivity contribution in [3.8, 4) is 5.75 Å². The van der Waals surface area contributed by atoms with E-state index in [9.17, 15) is 5.11 Å². The SMILES string of the molecule is Oc1ccc(C2=CC=CCc3c2oc2ccccc32)cc1. The zero-order valence-corrected chi connectivity index (χ0v) is 11.4. The van der Waals surface area contributed by atoms with Crippen LogP contribution < -0.4 is 0 Å². The molecule has 0 saturated heterocycles. The monoisotopic (exact) mass is 274 g/mol. The molecule has 0 fully saturated rings. The van der Waals surface area contributed by atoms with Gasteiger partial charge in [0, 0.05) is 16.5 Å². The van der Waals surface area contributed by atoms with E-state index < -0.39 is 0 Å². The van der Waals surface area contributed by atoms with E-state index in [1.54, 1.807) is 12.1 Å². The Bertz CT molecular complexity index is 864. The Hall–Kier alpha value is -2.74. The number of benzene rings is 2. The molecule has 0 radical (unpaired) electrons. The molecule has 0 atom stereocenters. The molecule has 1 aromatic heterocycles. The van der Waals surface area contributed by atoms with Crippen molar-refractivity contribution in [1.29, 1.82) is 0 Å². The fourth-order valence-corrected chi connectivity index (χ4v) is 2.81. The molecule has 1 aliphatic carbocycles. The molecule has 4 rings (SSSR count). The highest BCUT2D eigenvalue weighted by molar-refractivity contribution is 5.91. The Kier molecular flexibility index (Phi) is 2.68. The van der Waals surface area contributed by atoms with Crippen molar-refractivity contribution < 1.29 is 9.52 Å². The van der Waals surface area contributed by atoms with Gasteiger partial charge in [0.2, 0.25) is 0 Å². The maximum atomic E-state index is 9.46. The minimum Gasteiger partial charge on any atom is -0.508 e. The molecule has 3 aromatic rings. The van der Waals surface area contributed by atoms with Crippen molar-refractivity contribution in [3.05, 3.63) is 83.6 Å². The summed E-state index contributed by atoms with van der Waals surface area (Å²) in [6.45, 7) is 0. The lowest BCUT2D eigenvalue weighted by Gasteiger charge is -2.06. The van der Waals surface area contributed by atoms with Gasteiger partial charge in [0.1, 0.15) is 17.1 Å². The first-order valence-corrected chi connectivity index (χ1v) is 7.00. The molecule has 0 amide bonds. The van der Waals surface area contributed by atoms with Crippen LogP contribution in [0.5, 0.6) is 5.75 Å². The fraction of sp³-hybridized carbons (Fsp3) is 0.0526. The van der Waals surface area contributed by atoms with Crippen LogP contribution >= 0.6 is 0 Å². The van der Waals surface area contributed by atoms with Crippen molar-refractivity contribution in [2.45, 2.75) is 6.42 Å². The second-order valence-corrected chi connectivity index (χ2v) is 5.17. The molecule has 1 heterocycles. The van der Waals surface area contributed by atoms with Crippen LogP contribution in [0.15, 0.2) is 71.2 Å². The lowest BCUT2D eigenvalue weighted by Crippen LogP contribution is -1.89. The number of phenols is 1. The third kappa shape index (κ3) is 1.96. The average Bonchev–Trinajstić information content (AvgIpc) is 2.75. The summed E-state index contributed by atoms with van der Waals surface area (Å²) < 4.78 is 6.10. The minimum atomic E-state index is 0.272. The summed E-state index contributed by atoms with van der Waals surface area (Å²) in [5.41, 5.74) is 4.23. The number of para-hydroxylation sites is 1. The molecule has 21 heavy (non-hydrogen) atoms. The number of phenolic OH excluding ortho intramolecular Hbond substituents is 1. The van der Waals surface area contributed by atoms with E-state index in [1.165, 1.54) is 10.9 Å². The van der Waals surface area contributed by atoms with E-state index in [2.05, 4.69) is 24.3 Å². The van der Waals surface area contributed by atoms with Gasteiger partial charge in [-0.05, 0) is 30.2 Å². The van der Waals surface area contributed by atoms with Crippen LogP contribution in [0, 0.1) is 0 Å². The second kappa shape index (κ2) is 4.67. The lowest BCUT2D eigenvalue weighted by atomic mass is 9.99. The maximum Gasteiger partial charge on any atom is 0.139 e. The molecule has 0 unspecified atom stereocenters. The van der Waals surface area contributed by atoms with Gasteiger partial charge in [-0.25, -0.2) is 0 Å². The van der Waals surface area contributed by atoms with Crippen molar-refractivity contribution in [2.75, 3.05) is 0 Å². The van der Waals surface area contributed by atoms with E-state index in [4.69, 9.17) is 4.42 Å². The van der Waals surface area contributed by atoms with Gasteiger partial charge in [0.05, 0.1) is 0 Å². The van der Waals surface area contributed by atoms with Gasteiger partial charge in [-0.3, -0.25) is 0 Å². The third-order valence-corrected chi connectivity index (χ3v) is 3.84. The molecular formula is C19H14O2. The van der Waals surface area contributed by atoms with Gasteiger partial charge in [-0.1, -0.05) is 48.6 Å². The number of aromatic hydroxyl groups is 1. The van der Waals surface area contributed by atoms with Crippen molar-refractivity contribution in [2.24, 2.45) is 0 Å². The standard InChI is InChI=1S/C19H14O2/c20-14-11-9-13(10-12-14)15-5-1-2-7-17-16-6-3-4-8-18(16)21-19(15)17/h1-6,8-12,20H,7H2. The summed E-state index contributed by atoms with van der Waals surface area (Å²) in [5.74, 6) is 1.19. The zero-order chi connectivity index (χ0) is 14.2. The molecule has 1 aliphatic rings. The molecule has 1 N–H and O–H groups in total. The molecule has 102 valence electrons. The number of hydrogen-bond acceptors (Lipinski definition) is 2. The Balaban J connectivity index is 1.96. The average molecular weight is 274 g/mol. The van der Waals surface area contributed by atoms with Crippen LogP contribution in [0.2, 0.25) is 0 Å². The van der Waals surface area contributed by atoms with Gasteiger partial charge in [-0.2, -0.15) is 0 Å². The van der Waals surface area contributed by atoms with Gasteiger partial charge in [0.25, 0.3) is 0 Å². The molecular weight excluding hydrogens is 260 g/mol. The summed E-state index contributed by atoms with van der Waals surface area (Å²) in [6, 6.07) is 15.4. The van der Waals surface area contributed by atoms with E-state index in [-0.39, 0.29) is 5.75 Å². The molecule has 2 aromatic carbocycles. The number of fused-ring (bicyclic) bond motifs is 3. The lowest BCUT2D eigenvalue weighted by molar-refractivity contribution is 0.475. The zero-order valence-electron chi connectivity index (χ0n) is 11.4. The van der Waals surface area contributed by atoms with Crippen LogP contribution in [0.25, 0.3) is 16.5 Å². The number of hydrogen-bond donors (Lipinski definition) is 1. The smallest absolute Gasteiger partial charge is 0.139 e. The number of allylic oxidation sites excluding steroid dienone is 3. The van der Waals surface area contributed by atoms with E-state index in [0.29, 0.717) is 0 Å². The quantitative estimate of drug-likeness (QED) is 0.698. The van der Waals surface area contributed by atoms with E-state index in [1.807, 2.05) is 30.3 Å². The van der Waals surface area contributed by atoms with Crippen LogP contribution in [-0.2, 0) is 6.42 Å². The van der Waals surface area contributed by atoms with Crippen LogP contribution in [-0.4, -0.2) is 5.11 Å². The Labute approximate surface area is 122 Å². The Morgan fingerprint density at radius 1 is 0.952 bits per heavy atom. The van der Waals surface area contributed by atoms with Crippen LogP contribution in [0.1, 0.15) is 16.9 Å². The Morgan fingerprint density at radius 2 is 1.76 bits per heavy atom. The first-order chi connectivity index (χ1) is 10.3. The van der Waals surface area contributed by atoms with Gasteiger partial charge in [0.15, 0.2) is 0 Å². The first kappa shape index (κ1) is 12.0. The predicted molar refractivity (Wildman–Crippen MR) is 84.2 cm³/mol. The van der Waals surface area contributed by atoms with E-state index >= 15 is 0 Å². The molecule has 0 bridgehead atoms. The number of furan rings is 1. The maximum absolute atomic E-state index is 9.46. The van der Waals surface area contributed by atoms with Crippen LogP contribution in [0.4, 0.5) is 0 Å². The van der Waals surface area contributed by atoms with Gasteiger partial charge >= 0.3 is 0 Å². The third-order valence-electron chi connectivity index (χ3n) is 3.84. The largest absolute Gasteiger partial charge is 0.508 e. The highest BCUT2D eigenvalue weighted by atomic mass is 16.3. The molecule has 0 spiro atoms. The highest BCUT2D eigenvalue weighted by Crippen LogP contribution is 2.36. The van der Waals surface area contributed by atoms with Crippen molar-refractivity contribution >= 4 is 16.5 Å². The Morgan fingerprint density at radius 3 is 2.62 bits per heavy atom. The minimum absolute atomic E-state index is 0.272. The van der Waals surface area contributed by atoms with Crippen molar-refractivity contribution in [1.82, 2.24) is 0 Å². The van der Waals surface area contributed by atoms with Crippen molar-refractivity contribution in [3.63, 3.8) is 0 Å². The predicted octanol–water partition coefficient (Wildman–Crippen LogP) is 4.68. The van der Waals surface area contributed by atoms with Crippen LogP contribution in [0.3, 0.4) is 0 Å². The number of rotatable bonds is 1. The van der Waals surface area contributed by atoms with Gasteiger partial charge < -0.3 is 9.52 Å². The summed E-state index contributed by atoms with van der Waals surface area (Å²) >= 11 is 0. The fourth-order valence-electron chi connectivity index (χ4n) is 2.81. The molecule has 0 saturated carbocycles. The highest BCUT2D eigenvalue weighted by Gasteiger charge is 2.18. The normalized spacial score (nSPS) is 13.8. The molecule has 2 nitrogen and oxygen atoms in total. The second-order valence-electron chi connectivity index (χ2n) is 5.17. The topological polar surface area (TPSA) is 33.4 Å². The summed E-state index contributed by atoms with van der Waals surface area (Å²) in [6.07, 6.45) is 7.14. The molecule has 2 heteroatoms. The first-order valence-electron chi connectivity index (χ1n) is 7.00. The summed E-state index contributed by atoms with van der Waals surface area (Å²) in [7, 11) is 0. The van der Waals surface area contributed by atoms with E-state index in [0.717, 1.165) is 28.9 Å². The van der Waals surface area contributed by atoms with Gasteiger partial charge in [-0.15, -0.1) is 0 Å². The molecule has 0 aliphatic heterocycles.